The van der Waals surface area contributed by atoms with Crippen LogP contribution in [0.1, 0.15) is 44.9 Å². The Balaban J connectivity index is 1.89. The van der Waals surface area contributed by atoms with E-state index < -0.39 is 5.54 Å². The van der Waals surface area contributed by atoms with Gasteiger partial charge < -0.3 is 4.57 Å². The van der Waals surface area contributed by atoms with E-state index in [1.54, 1.807) is 6.20 Å². The van der Waals surface area contributed by atoms with E-state index in [1.807, 2.05) is 10.8 Å². The molecular formula is C14H19N5. The third-order valence-electron chi connectivity index (χ3n) is 3.69. The summed E-state index contributed by atoms with van der Waals surface area (Å²) >= 11 is 0. The number of rotatable bonds is 7. The van der Waals surface area contributed by atoms with Gasteiger partial charge in [-0.1, -0.05) is 6.92 Å². The largest absolute Gasteiger partial charge is 0.323 e. The molecular weight excluding hydrogens is 238 g/mol. The number of nitrogens with one attached hydrogen (secondary N) is 1. The van der Waals surface area contributed by atoms with Gasteiger partial charge in [-0.15, -0.1) is 0 Å². The molecule has 0 saturated heterocycles. The second-order valence-corrected chi connectivity index (χ2v) is 5.13. The van der Waals surface area contributed by atoms with Crippen LogP contribution in [0.15, 0.2) is 12.4 Å². The van der Waals surface area contributed by atoms with Gasteiger partial charge in [-0.05, 0) is 32.1 Å². The number of hydrogen-bond acceptors (Lipinski definition) is 4. The summed E-state index contributed by atoms with van der Waals surface area (Å²) in [5.41, 5.74) is -0.408. The van der Waals surface area contributed by atoms with Crippen molar-refractivity contribution in [2.45, 2.75) is 57.2 Å². The zero-order chi connectivity index (χ0) is 13.7. The van der Waals surface area contributed by atoms with Crippen molar-refractivity contribution >= 4 is 0 Å². The summed E-state index contributed by atoms with van der Waals surface area (Å²) in [7, 11) is 0. The molecule has 1 atom stereocenters. The molecule has 19 heavy (non-hydrogen) atoms. The Kier molecular flexibility index (Phi) is 4.19. The van der Waals surface area contributed by atoms with Gasteiger partial charge in [-0.25, -0.2) is 4.98 Å². The molecule has 1 unspecified atom stereocenters. The highest BCUT2D eigenvalue weighted by molar-refractivity contribution is 5.12. The highest BCUT2D eigenvalue weighted by atomic mass is 15.1. The number of aryl methyl sites for hydroxylation is 1. The van der Waals surface area contributed by atoms with Crippen molar-refractivity contribution in [3.05, 3.63) is 18.2 Å². The third-order valence-corrected chi connectivity index (χ3v) is 3.69. The molecule has 1 aliphatic carbocycles. The molecule has 5 nitrogen and oxygen atoms in total. The molecule has 1 heterocycles. The lowest BCUT2D eigenvalue weighted by Gasteiger charge is -2.26. The highest BCUT2D eigenvalue weighted by Gasteiger charge is 2.34. The molecule has 1 aromatic rings. The predicted octanol–water partition coefficient (Wildman–Crippen LogP) is 1.96. The van der Waals surface area contributed by atoms with Gasteiger partial charge in [-0.3, -0.25) is 5.32 Å². The van der Waals surface area contributed by atoms with Crippen LogP contribution in [0.2, 0.25) is 0 Å². The topological polar surface area (TPSA) is 77.4 Å². The van der Waals surface area contributed by atoms with Gasteiger partial charge >= 0.3 is 0 Å². The van der Waals surface area contributed by atoms with E-state index in [4.69, 9.17) is 5.26 Å². The van der Waals surface area contributed by atoms with Crippen molar-refractivity contribution in [3.8, 4) is 12.1 Å². The molecule has 0 bridgehead atoms. The number of nitrogens with zero attached hydrogens (tertiary/aromatic N) is 4. The zero-order valence-electron chi connectivity index (χ0n) is 11.3. The second-order valence-electron chi connectivity index (χ2n) is 5.13. The fourth-order valence-corrected chi connectivity index (χ4v) is 2.29. The fraction of sp³-hybridized carbons (Fsp3) is 0.643. The minimum atomic E-state index is -0.408. The molecule has 2 rings (SSSR count). The van der Waals surface area contributed by atoms with E-state index >= 15 is 0 Å². The first kappa shape index (κ1) is 13.6. The first-order valence-corrected chi connectivity index (χ1v) is 6.83. The first-order valence-electron chi connectivity index (χ1n) is 6.83. The normalized spacial score (nSPS) is 17.4. The summed E-state index contributed by atoms with van der Waals surface area (Å²) in [5, 5.41) is 21.8. The summed E-state index contributed by atoms with van der Waals surface area (Å²) in [6.45, 7) is 2.79. The average molecular weight is 257 g/mol. The Labute approximate surface area is 113 Å². The van der Waals surface area contributed by atoms with Crippen LogP contribution in [0.3, 0.4) is 0 Å². The van der Waals surface area contributed by atoms with E-state index in [-0.39, 0.29) is 0 Å². The van der Waals surface area contributed by atoms with E-state index in [2.05, 4.69) is 29.4 Å². The summed E-state index contributed by atoms with van der Waals surface area (Å²) < 4.78 is 1.84. The van der Waals surface area contributed by atoms with Crippen molar-refractivity contribution in [3.63, 3.8) is 0 Å². The van der Waals surface area contributed by atoms with Crippen molar-refractivity contribution in [2.75, 3.05) is 0 Å². The van der Waals surface area contributed by atoms with Crippen molar-refractivity contribution in [1.82, 2.24) is 14.9 Å². The monoisotopic (exact) mass is 257 g/mol. The van der Waals surface area contributed by atoms with E-state index in [1.165, 1.54) is 12.8 Å². The van der Waals surface area contributed by atoms with Crippen LogP contribution in [0.5, 0.6) is 0 Å². The van der Waals surface area contributed by atoms with Gasteiger partial charge in [0.1, 0.15) is 11.6 Å². The Hall–Kier alpha value is -1.85. The second kappa shape index (κ2) is 5.86. The number of hydrogen-bond donors (Lipinski definition) is 1. The molecule has 0 radical (unpaired) electrons. The standard InChI is InChI=1S/C14H19N5/c1-2-14(11-16,18-12-4-5-12)6-3-8-19-9-7-17-13(19)10-15/h7,9,12,18H,2-6,8H2,1H3. The minimum absolute atomic E-state index is 0.408. The summed E-state index contributed by atoms with van der Waals surface area (Å²) in [6, 6.07) is 5.04. The Bertz CT molecular complexity index is 503. The molecule has 0 aromatic carbocycles. The molecule has 1 fully saturated rings. The SMILES string of the molecule is CCC(C#N)(CCCn1ccnc1C#N)NC1CC1. The minimum Gasteiger partial charge on any atom is -0.323 e. The lowest BCUT2D eigenvalue weighted by atomic mass is 9.91. The molecule has 1 aliphatic rings. The van der Waals surface area contributed by atoms with Gasteiger partial charge in [-0.2, -0.15) is 10.5 Å². The van der Waals surface area contributed by atoms with Crippen molar-refractivity contribution in [2.24, 2.45) is 0 Å². The zero-order valence-corrected chi connectivity index (χ0v) is 11.3. The maximum absolute atomic E-state index is 9.43. The fourth-order valence-electron chi connectivity index (χ4n) is 2.29. The van der Waals surface area contributed by atoms with Crippen LogP contribution in [0.25, 0.3) is 0 Å². The summed E-state index contributed by atoms with van der Waals surface area (Å²) in [4.78, 5) is 3.97. The van der Waals surface area contributed by atoms with E-state index in [0.29, 0.717) is 11.9 Å². The molecule has 1 aromatic heterocycles. The van der Waals surface area contributed by atoms with Crippen LogP contribution >= 0.6 is 0 Å². The van der Waals surface area contributed by atoms with Gasteiger partial charge in [0.15, 0.2) is 0 Å². The molecule has 0 spiro atoms. The molecule has 0 aliphatic heterocycles. The van der Waals surface area contributed by atoms with Crippen LogP contribution in [0, 0.1) is 22.7 Å². The van der Waals surface area contributed by atoms with E-state index in [9.17, 15) is 5.26 Å². The maximum Gasteiger partial charge on any atom is 0.212 e. The Morgan fingerprint density at radius 2 is 2.32 bits per heavy atom. The third kappa shape index (κ3) is 3.33. The molecule has 5 heteroatoms. The lowest BCUT2D eigenvalue weighted by Crippen LogP contribution is -2.44. The smallest absolute Gasteiger partial charge is 0.212 e. The number of imidazole rings is 1. The van der Waals surface area contributed by atoms with Crippen LogP contribution in [0.4, 0.5) is 0 Å². The Morgan fingerprint density at radius 1 is 1.53 bits per heavy atom. The van der Waals surface area contributed by atoms with Gasteiger partial charge in [0.25, 0.3) is 0 Å². The van der Waals surface area contributed by atoms with Crippen LogP contribution in [-0.2, 0) is 6.54 Å². The van der Waals surface area contributed by atoms with Gasteiger partial charge in [0.2, 0.25) is 5.82 Å². The summed E-state index contributed by atoms with van der Waals surface area (Å²) in [5.74, 6) is 0.439. The summed E-state index contributed by atoms with van der Waals surface area (Å²) in [6.07, 6.45) is 8.30. The van der Waals surface area contributed by atoms with Crippen LogP contribution in [-0.4, -0.2) is 21.1 Å². The molecule has 0 amide bonds. The maximum atomic E-state index is 9.43. The number of nitriles is 2. The van der Waals surface area contributed by atoms with Gasteiger partial charge in [0.05, 0.1) is 6.07 Å². The van der Waals surface area contributed by atoms with E-state index in [0.717, 1.165) is 25.8 Å². The van der Waals surface area contributed by atoms with Crippen molar-refractivity contribution < 1.29 is 0 Å². The first-order chi connectivity index (χ1) is 9.23. The quantitative estimate of drug-likeness (QED) is 0.810. The Morgan fingerprint density at radius 3 is 2.89 bits per heavy atom. The number of aromatic nitrogens is 2. The van der Waals surface area contributed by atoms with Crippen molar-refractivity contribution in [1.29, 1.82) is 10.5 Å². The highest BCUT2D eigenvalue weighted by Crippen LogP contribution is 2.26. The molecule has 100 valence electrons. The molecule has 1 N–H and O–H groups in total. The van der Waals surface area contributed by atoms with Gasteiger partial charge in [0, 0.05) is 25.0 Å². The van der Waals surface area contributed by atoms with Crippen LogP contribution < -0.4 is 5.32 Å². The average Bonchev–Trinajstić information content (AvgIpc) is 3.13. The predicted molar refractivity (Wildman–Crippen MR) is 71.0 cm³/mol. The lowest BCUT2D eigenvalue weighted by molar-refractivity contribution is 0.351. The molecule has 1 saturated carbocycles.